The summed E-state index contributed by atoms with van der Waals surface area (Å²) in [5, 5.41) is 9.04. The summed E-state index contributed by atoms with van der Waals surface area (Å²) in [6, 6.07) is 3.68. The fourth-order valence-corrected chi connectivity index (χ4v) is 4.04. The summed E-state index contributed by atoms with van der Waals surface area (Å²) in [5.74, 6) is 0.896. The lowest BCUT2D eigenvalue weighted by molar-refractivity contribution is -0.120. The molecule has 2 aliphatic rings. The Morgan fingerprint density at radius 2 is 2.10 bits per heavy atom. The minimum Gasteiger partial charge on any atom is -0.474 e. The zero-order valence-electron chi connectivity index (χ0n) is 17.7. The first kappa shape index (κ1) is 22.0. The summed E-state index contributed by atoms with van der Waals surface area (Å²) in [6.45, 7) is 9.35. The molecule has 160 valence electrons. The summed E-state index contributed by atoms with van der Waals surface area (Å²) in [5.41, 5.74) is -0.805. The molecule has 7 nitrogen and oxygen atoms in total. The molecular weight excluding hydrogens is 380 g/mol. The first-order chi connectivity index (χ1) is 14.5. The Balaban J connectivity index is 1.73. The molecule has 0 atom stereocenters. The van der Waals surface area contributed by atoms with Gasteiger partial charge in [0.2, 0.25) is 11.4 Å². The molecule has 0 radical (unpaired) electrons. The molecule has 0 unspecified atom stereocenters. The van der Waals surface area contributed by atoms with E-state index in [2.05, 4.69) is 22.8 Å². The van der Waals surface area contributed by atoms with Gasteiger partial charge in [0.15, 0.2) is 5.78 Å². The highest BCUT2D eigenvalue weighted by Crippen LogP contribution is 2.43. The number of aromatic nitrogens is 2. The van der Waals surface area contributed by atoms with Crippen LogP contribution in [0.4, 0.5) is 0 Å². The van der Waals surface area contributed by atoms with E-state index in [0.29, 0.717) is 18.1 Å². The van der Waals surface area contributed by atoms with Crippen LogP contribution in [0.15, 0.2) is 10.9 Å². The Kier molecular flexibility index (Phi) is 7.26. The van der Waals surface area contributed by atoms with Crippen molar-refractivity contribution < 1.29 is 9.53 Å². The Hall–Kier alpha value is -2.67. The Morgan fingerprint density at radius 1 is 1.37 bits per heavy atom. The van der Waals surface area contributed by atoms with Crippen LogP contribution in [0.1, 0.15) is 77.0 Å². The summed E-state index contributed by atoms with van der Waals surface area (Å²) < 4.78 is 7.44. The Bertz CT molecular complexity index is 896. The van der Waals surface area contributed by atoms with Crippen molar-refractivity contribution in [2.45, 2.75) is 95.7 Å². The van der Waals surface area contributed by atoms with Gasteiger partial charge in [0.25, 0.3) is 5.56 Å². The molecule has 3 rings (SSSR count). The molecule has 1 heterocycles. The lowest BCUT2D eigenvalue weighted by atomic mass is 9.88. The molecule has 2 aliphatic carbocycles. The number of nitriles is 1. The second-order valence-electron chi connectivity index (χ2n) is 8.66. The number of ether oxygens (including phenoxy) is 1. The first-order valence-corrected chi connectivity index (χ1v) is 11.1. The second-order valence-corrected chi connectivity index (χ2v) is 8.66. The molecule has 2 saturated carbocycles. The maximum Gasteiger partial charge on any atom is 0.257 e. The minimum absolute atomic E-state index is 0.0296. The monoisotopic (exact) mass is 410 g/mol. The first-order valence-electron chi connectivity index (χ1n) is 11.1. The molecule has 0 N–H and O–H groups in total. The van der Waals surface area contributed by atoms with Gasteiger partial charge in [0.1, 0.15) is 11.9 Å². The third-order valence-electron chi connectivity index (χ3n) is 6.14. The van der Waals surface area contributed by atoms with E-state index in [9.17, 15) is 9.59 Å². The molecule has 7 heteroatoms. The fraction of sp³-hybridized carbons (Fsp3) is 0.696. The summed E-state index contributed by atoms with van der Waals surface area (Å²) in [6.07, 6.45) is 8.45. The number of unbranched alkanes of at least 4 members (excludes halogenated alkanes) is 2. The van der Waals surface area contributed by atoms with Crippen molar-refractivity contribution in [3.8, 4) is 11.9 Å². The highest BCUT2D eigenvalue weighted by atomic mass is 16.5. The number of ketones is 1. The standard InChI is InChI=1S/C23H30N4O3/c1-3-4-5-6-20-26-21(30-19-9-7-17(15-24)8-10-19)13-22(29)27(20)16-18(28)14-23(25-2)11-12-23/h13,17,19H,3-12,14,16H2,1H3. The average Bonchev–Trinajstić information content (AvgIpc) is 3.51. The van der Waals surface area contributed by atoms with Crippen LogP contribution in [0.2, 0.25) is 0 Å². The van der Waals surface area contributed by atoms with Crippen LogP contribution in [0.25, 0.3) is 4.85 Å². The quantitative estimate of drug-likeness (QED) is 0.432. The predicted molar refractivity (Wildman–Crippen MR) is 112 cm³/mol. The van der Waals surface area contributed by atoms with E-state index < -0.39 is 5.54 Å². The smallest absolute Gasteiger partial charge is 0.257 e. The molecule has 0 spiro atoms. The van der Waals surface area contributed by atoms with Crippen LogP contribution in [0, 0.1) is 23.8 Å². The van der Waals surface area contributed by atoms with Crippen LogP contribution in [-0.4, -0.2) is 27.0 Å². The third kappa shape index (κ3) is 5.69. The largest absolute Gasteiger partial charge is 0.474 e. The molecular formula is C23H30N4O3. The number of nitrogens with zero attached hydrogens (tertiary/aromatic N) is 4. The number of rotatable bonds is 10. The van der Waals surface area contributed by atoms with Gasteiger partial charge in [-0.3, -0.25) is 14.2 Å². The van der Waals surface area contributed by atoms with Crippen LogP contribution in [-0.2, 0) is 17.8 Å². The van der Waals surface area contributed by atoms with Gasteiger partial charge in [-0.2, -0.15) is 10.2 Å². The molecule has 0 aliphatic heterocycles. The molecule has 30 heavy (non-hydrogen) atoms. The minimum atomic E-state index is -0.526. The van der Waals surface area contributed by atoms with E-state index in [1.807, 2.05) is 0 Å². The lowest BCUT2D eigenvalue weighted by Gasteiger charge is -2.25. The zero-order valence-corrected chi connectivity index (χ0v) is 17.7. The molecule has 0 aromatic carbocycles. The zero-order chi connectivity index (χ0) is 21.6. The molecule has 1 aromatic heterocycles. The topological polar surface area (TPSA) is 89.3 Å². The van der Waals surface area contributed by atoms with E-state index in [-0.39, 0.29) is 36.3 Å². The van der Waals surface area contributed by atoms with Gasteiger partial charge in [-0.15, -0.1) is 0 Å². The summed E-state index contributed by atoms with van der Waals surface area (Å²) >= 11 is 0. The normalized spacial score (nSPS) is 22.0. The third-order valence-corrected chi connectivity index (χ3v) is 6.14. The van der Waals surface area contributed by atoms with E-state index in [1.54, 1.807) is 0 Å². The maximum absolute atomic E-state index is 12.8. The number of hydrogen-bond acceptors (Lipinski definition) is 5. The fourth-order valence-electron chi connectivity index (χ4n) is 4.04. The Labute approximate surface area is 177 Å². The number of aryl methyl sites for hydroxylation is 1. The number of Topliss-reactive ketones (excluding diaryl/α,β-unsaturated/α-hetero) is 1. The van der Waals surface area contributed by atoms with Crippen molar-refractivity contribution >= 4 is 5.78 Å². The summed E-state index contributed by atoms with van der Waals surface area (Å²) in [4.78, 5) is 33.5. The van der Waals surface area contributed by atoms with Gasteiger partial charge < -0.3 is 9.58 Å². The van der Waals surface area contributed by atoms with Crippen LogP contribution in [0.3, 0.4) is 0 Å². The van der Waals surface area contributed by atoms with Crippen molar-refractivity contribution in [3.05, 3.63) is 33.7 Å². The second kappa shape index (κ2) is 9.89. The van der Waals surface area contributed by atoms with Gasteiger partial charge in [-0.25, -0.2) is 6.57 Å². The van der Waals surface area contributed by atoms with Crippen molar-refractivity contribution in [2.75, 3.05) is 0 Å². The van der Waals surface area contributed by atoms with Gasteiger partial charge in [0, 0.05) is 25.2 Å². The van der Waals surface area contributed by atoms with Crippen LogP contribution >= 0.6 is 0 Å². The van der Waals surface area contributed by atoms with Crippen LogP contribution < -0.4 is 10.3 Å². The SMILES string of the molecule is [C-]#[N+]C1(CC(=O)Cn2c(CCCCC)nc(OC3CCC(C#N)CC3)cc2=O)CC1. The lowest BCUT2D eigenvalue weighted by Crippen LogP contribution is -2.31. The van der Waals surface area contributed by atoms with Crippen molar-refractivity contribution in [2.24, 2.45) is 5.92 Å². The highest BCUT2D eigenvalue weighted by Gasteiger charge is 2.52. The predicted octanol–water partition coefficient (Wildman–Crippen LogP) is 3.85. The molecule has 0 bridgehead atoms. The van der Waals surface area contributed by atoms with Gasteiger partial charge in [-0.05, 0) is 32.1 Å². The summed E-state index contributed by atoms with van der Waals surface area (Å²) in [7, 11) is 0. The average molecular weight is 411 g/mol. The molecule has 1 aromatic rings. The van der Waals surface area contributed by atoms with E-state index >= 15 is 0 Å². The van der Waals surface area contributed by atoms with Crippen LogP contribution in [0.5, 0.6) is 5.88 Å². The molecule has 0 saturated heterocycles. The number of hydrogen-bond donors (Lipinski definition) is 0. The number of carbonyl (C=O) groups excluding carboxylic acids is 1. The Morgan fingerprint density at radius 3 is 2.70 bits per heavy atom. The van der Waals surface area contributed by atoms with E-state index in [0.717, 1.165) is 57.8 Å². The molecule has 0 amide bonds. The van der Waals surface area contributed by atoms with Crippen molar-refractivity contribution in [1.82, 2.24) is 9.55 Å². The van der Waals surface area contributed by atoms with E-state index in [1.165, 1.54) is 10.6 Å². The number of carbonyl (C=O) groups is 1. The van der Waals surface area contributed by atoms with E-state index in [4.69, 9.17) is 16.6 Å². The maximum atomic E-state index is 12.8. The van der Waals surface area contributed by atoms with Gasteiger partial charge in [0.05, 0.1) is 25.1 Å². The highest BCUT2D eigenvalue weighted by molar-refractivity contribution is 5.80. The van der Waals surface area contributed by atoms with Crippen molar-refractivity contribution in [3.63, 3.8) is 0 Å². The van der Waals surface area contributed by atoms with Gasteiger partial charge in [-0.1, -0.05) is 19.8 Å². The molecule has 2 fully saturated rings. The van der Waals surface area contributed by atoms with Crippen molar-refractivity contribution in [1.29, 1.82) is 5.26 Å². The van der Waals surface area contributed by atoms with Gasteiger partial charge >= 0.3 is 0 Å².